The molecule has 0 saturated carbocycles. The Hall–Kier alpha value is -2.77. The number of aliphatic hydroxyl groups is 3. The standard InChI is InChI=1S/C27H33NO7/c1-27(2,17-34-26-23(31)21(29)22(30)24(35-26)25(32)33)14-7-4-8-15-28(3)16-19-12-9-11-18-10-5-6-13-20(18)19/h4-6,8-13,21-24,26,29-31H,15-17H2,1-3H3,(H,32,33)/t21-,22-,23-,24?,26+/m1/s1. The lowest BCUT2D eigenvalue weighted by atomic mass is 9.95. The van der Waals surface area contributed by atoms with E-state index in [0.29, 0.717) is 6.54 Å². The molecule has 0 aromatic heterocycles. The second-order valence-corrected chi connectivity index (χ2v) is 9.44. The third kappa shape index (κ3) is 7.12. The zero-order valence-electron chi connectivity index (χ0n) is 20.2. The van der Waals surface area contributed by atoms with Crippen molar-refractivity contribution < 1.29 is 34.7 Å². The lowest BCUT2D eigenvalue weighted by Gasteiger charge is -2.39. The van der Waals surface area contributed by atoms with Gasteiger partial charge in [0.15, 0.2) is 12.4 Å². The quantitative estimate of drug-likeness (QED) is 0.420. The molecule has 3 rings (SSSR count). The van der Waals surface area contributed by atoms with Crippen LogP contribution in [0.25, 0.3) is 10.8 Å². The largest absolute Gasteiger partial charge is 0.479 e. The zero-order chi connectivity index (χ0) is 25.6. The van der Waals surface area contributed by atoms with Gasteiger partial charge in [0.25, 0.3) is 0 Å². The van der Waals surface area contributed by atoms with Gasteiger partial charge in [-0.1, -0.05) is 60.4 Å². The van der Waals surface area contributed by atoms with Gasteiger partial charge in [-0.15, -0.1) is 0 Å². The average Bonchev–Trinajstić information content (AvgIpc) is 2.82. The third-order valence-electron chi connectivity index (χ3n) is 5.77. The molecule has 1 saturated heterocycles. The first-order valence-corrected chi connectivity index (χ1v) is 11.5. The number of ether oxygens (including phenoxy) is 2. The number of carbonyl (C=O) groups is 1. The Labute approximate surface area is 205 Å². The van der Waals surface area contributed by atoms with E-state index in [1.807, 2.05) is 39.1 Å². The van der Waals surface area contributed by atoms with Gasteiger partial charge in [0.2, 0.25) is 0 Å². The molecule has 5 atom stereocenters. The number of fused-ring (bicyclic) bond motifs is 1. The second kappa shape index (κ2) is 11.8. The lowest BCUT2D eigenvalue weighted by Crippen LogP contribution is -2.60. The highest BCUT2D eigenvalue weighted by molar-refractivity contribution is 5.85. The van der Waals surface area contributed by atoms with Gasteiger partial charge in [-0.05, 0) is 43.3 Å². The number of likely N-dealkylation sites (N-methyl/N-ethyl adjacent to an activating group) is 1. The van der Waals surface area contributed by atoms with E-state index >= 15 is 0 Å². The van der Waals surface area contributed by atoms with Crippen LogP contribution in [0.4, 0.5) is 0 Å². The highest BCUT2D eigenvalue weighted by Gasteiger charge is 2.47. The van der Waals surface area contributed by atoms with Gasteiger partial charge in [-0.2, -0.15) is 0 Å². The number of rotatable bonds is 8. The van der Waals surface area contributed by atoms with Crippen LogP contribution in [0.15, 0.2) is 54.6 Å². The first-order chi connectivity index (χ1) is 16.6. The summed E-state index contributed by atoms with van der Waals surface area (Å²) in [4.78, 5) is 13.4. The molecule has 35 heavy (non-hydrogen) atoms. The Balaban J connectivity index is 1.50. The molecule has 1 unspecified atom stereocenters. The van der Waals surface area contributed by atoms with Crippen LogP contribution >= 0.6 is 0 Å². The average molecular weight is 484 g/mol. The first kappa shape index (κ1) is 26.8. The molecule has 188 valence electrons. The van der Waals surface area contributed by atoms with Crippen molar-refractivity contribution in [3.05, 3.63) is 60.2 Å². The molecule has 0 radical (unpaired) electrons. The molecule has 8 nitrogen and oxygen atoms in total. The van der Waals surface area contributed by atoms with Gasteiger partial charge in [-0.25, -0.2) is 4.79 Å². The van der Waals surface area contributed by atoms with E-state index in [1.54, 1.807) is 6.08 Å². The summed E-state index contributed by atoms with van der Waals surface area (Å²) in [5.74, 6) is 4.61. The molecular weight excluding hydrogens is 450 g/mol. The van der Waals surface area contributed by atoms with E-state index in [-0.39, 0.29) is 6.61 Å². The molecule has 0 bridgehead atoms. The number of benzene rings is 2. The number of hydrogen-bond acceptors (Lipinski definition) is 7. The van der Waals surface area contributed by atoms with Crippen LogP contribution in [0.1, 0.15) is 19.4 Å². The normalized spacial score (nSPS) is 25.1. The maximum Gasteiger partial charge on any atom is 0.335 e. The van der Waals surface area contributed by atoms with Gasteiger partial charge >= 0.3 is 5.97 Å². The number of allylic oxidation sites excluding steroid dienone is 1. The fourth-order valence-corrected chi connectivity index (χ4v) is 3.83. The summed E-state index contributed by atoms with van der Waals surface area (Å²) in [6, 6.07) is 14.6. The Morgan fingerprint density at radius 3 is 2.57 bits per heavy atom. The summed E-state index contributed by atoms with van der Waals surface area (Å²) >= 11 is 0. The summed E-state index contributed by atoms with van der Waals surface area (Å²) in [6.07, 6.45) is -4.37. The van der Waals surface area contributed by atoms with E-state index in [0.717, 1.165) is 6.54 Å². The minimum atomic E-state index is -1.75. The summed E-state index contributed by atoms with van der Waals surface area (Å²) in [5, 5.41) is 41.3. The highest BCUT2D eigenvalue weighted by atomic mass is 16.7. The van der Waals surface area contributed by atoms with Crippen molar-refractivity contribution in [3.63, 3.8) is 0 Å². The van der Waals surface area contributed by atoms with Crippen molar-refractivity contribution in [2.24, 2.45) is 5.41 Å². The van der Waals surface area contributed by atoms with Crippen LogP contribution in [0, 0.1) is 17.3 Å². The predicted molar refractivity (Wildman–Crippen MR) is 131 cm³/mol. The SMILES string of the molecule is CN(CC=CC#CC(C)(C)CO[C@H]1OC(C(=O)O)[C@H](O)[C@@H](O)[C@H]1O)Cc1cccc2ccccc12. The maximum absolute atomic E-state index is 11.2. The molecular formula is C27H33NO7. The lowest BCUT2D eigenvalue weighted by molar-refractivity contribution is -0.297. The Morgan fingerprint density at radius 2 is 1.83 bits per heavy atom. The van der Waals surface area contributed by atoms with Gasteiger partial charge in [0.05, 0.1) is 6.61 Å². The summed E-state index contributed by atoms with van der Waals surface area (Å²) < 4.78 is 10.6. The third-order valence-corrected chi connectivity index (χ3v) is 5.77. The van der Waals surface area contributed by atoms with Gasteiger partial charge < -0.3 is 29.9 Å². The number of hydrogen-bond donors (Lipinski definition) is 4. The van der Waals surface area contributed by atoms with Crippen LogP contribution in [0.3, 0.4) is 0 Å². The van der Waals surface area contributed by atoms with Crippen molar-refractivity contribution in [2.75, 3.05) is 20.2 Å². The number of nitrogens with zero attached hydrogens (tertiary/aromatic N) is 1. The molecule has 4 N–H and O–H groups in total. The predicted octanol–water partition coefficient (Wildman–Crippen LogP) is 1.77. The van der Waals surface area contributed by atoms with Crippen LogP contribution in [0.2, 0.25) is 0 Å². The Morgan fingerprint density at radius 1 is 1.11 bits per heavy atom. The minimum absolute atomic E-state index is 0.0195. The fourth-order valence-electron chi connectivity index (χ4n) is 3.83. The van der Waals surface area contributed by atoms with Gasteiger partial charge in [-0.3, -0.25) is 4.90 Å². The van der Waals surface area contributed by atoms with E-state index < -0.39 is 42.1 Å². The Bertz CT molecular complexity index is 1100. The topological polar surface area (TPSA) is 120 Å². The number of aliphatic hydroxyl groups excluding tert-OH is 3. The maximum atomic E-state index is 11.2. The van der Waals surface area contributed by atoms with Crippen molar-refractivity contribution in [1.29, 1.82) is 0 Å². The molecule has 1 fully saturated rings. The molecule has 0 aliphatic carbocycles. The molecule has 1 heterocycles. The van der Waals surface area contributed by atoms with E-state index in [2.05, 4.69) is 47.1 Å². The fraction of sp³-hybridized carbons (Fsp3) is 0.444. The summed E-state index contributed by atoms with van der Waals surface area (Å²) in [7, 11) is 2.04. The van der Waals surface area contributed by atoms with Crippen molar-refractivity contribution in [2.45, 2.75) is 51.1 Å². The van der Waals surface area contributed by atoms with Crippen LogP contribution in [0.5, 0.6) is 0 Å². The first-order valence-electron chi connectivity index (χ1n) is 11.5. The number of aliphatic carboxylic acids is 1. The monoisotopic (exact) mass is 483 g/mol. The number of carboxylic acid groups (broad SMARTS) is 1. The van der Waals surface area contributed by atoms with Crippen LogP contribution in [-0.4, -0.2) is 82.2 Å². The van der Waals surface area contributed by atoms with Crippen LogP contribution in [-0.2, 0) is 20.8 Å². The second-order valence-electron chi connectivity index (χ2n) is 9.44. The van der Waals surface area contributed by atoms with Crippen LogP contribution < -0.4 is 0 Å². The van der Waals surface area contributed by atoms with Gasteiger partial charge in [0.1, 0.15) is 18.3 Å². The Kier molecular flexibility index (Phi) is 9.03. The van der Waals surface area contributed by atoms with E-state index in [9.17, 15) is 20.1 Å². The molecule has 2 aromatic rings. The number of carboxylic acids is 1. The molecule has 8 heteroatoms. The highest BCUT2D eigenvalue weighted by Crippen LogP contribution is 2.25. The molecule has 0 amide bonds. The molecule has 0 spiro atoms. The van der Waals surface area contributed by atoms with Crippen molar-refractivity contribution >= 4 is 16.7 Å². The summed E-state index contributed by atoms with van der Waals surface area (Å²) in [6.45, 7) is 5.20. The van der Waals surface area contributed by atoms with Crippen molar-refractivity contribution in [1.82, 2.24) is 4.90 Å². The summed E-state index contributed by atoms with van der Waals surface area (Å²) in [5.41, 5.74) is 0.625. The minimum Gasteiger partial charge on any atom is -0.479 e. The van der Waals surface area contributed by atoms with E-state index in [4.69, 9.17) is 14.6 Å². The molecule has 1 aliphatic heterocycles. The van der Waals surface area contributed by atoms with Gasteiger partial charge in [0, 0.05) is 18.5 Å². The van der Waals surface area contributed by atoms with Crippen molar-refractivity contribution in [3.8, 4) is 11.8 Å². The molecule has 1 aliphatic rings. The zero-order valence-corrected chi connectivity index (χ0v) is 20.2. The smallest absolute Gasteiger partial charge is 0.335 e. The molecule has 2 aromatic carbocycles. The van der Waals surface area contributed by atoms with E-state index in [1.165, 1.54) is 16.3 Å².